The van der Waals surface area contributed by atoms with Gasteiger partial charge >= 0.3 is 5.97 Å². The monoisotopic (exact) mass is 446 g/mol. The fraction of sp³-hybridized carbons (Fsp3) is 0.238. The lowest BCUT2D eigenvalue weighted by atomic mass is 10.1. The van der Waals surface area contributed by atoms with E-state index in [2.05, 4.69) is 0 Å². The molecule has 2 aromatic carbocycles. The van der Waals surface area contributed by atoms with Gasteiger partial charge in [-0.25, -0.2) is 13.2 Å². The second kappa shape index (κ2) is 7.77. The molecular formula is C21H19ClN2O5S. The van der Waals surface area contributed by atoms with Gasteiger partial charge in [0.1, 0.15) is 0 Å². The van der Waals surface area contributed by atoms with Crippen LogP contribution in [0.1, 0.15) is 23.2 Å². The van der Waals surface area contributed by atoms with Gasteiger partial charge in [-0.15, -0.1) is 0 Å². The van der Waals surface area contributed by atoms with Crippen molar-refractivity contribution in [2.24, 2.45) is 0 Å². The van der Waals surface area contributed by atoms with Crippen molar-refractivity contribution in [3.05, 3.63) is 64.2 Å². The Balaban J connectivity index is 1.89. The maximum Gasteiger partial charge on any atom is 0.337 e. The number of sulfone groups is 1. The normalized spacial score (nSPS) is 17.3. The summed E-state index contributed by atoms with van der Waals surface area (Å²) in [5.41, 5.74) is 1.11. The third-order valence-corrected chi connectivity index (χ3v) is 7.17. The number of rotatable bonds is 3. The van der Waals surface area contributed by atoms with Crippen molar-refractivity contribution in [3.8, 4) is 0 Å². The Kier molecular flexibility index (Phi) is 5.29. The first-order valence-electron chi connectivity index (χ1n) is 9.36. The molecule has 0 bridgehead atoms. The summed E-state index contributed by atoms with van der Waals surface area (Å²) in [5.74, 6) is -1.05. The Labute approximate surface area is 179 Å². The Morgan fingerprint density at radius 3 is 2.50 bits per heavy atom. The van der Waals surface area contributed by atoms with Crippen molar-refractivity contribution in [1.82, 2.24) is 4.90 Å². The van der Waals surface area contributed by atoms with Crippen LogP contribution in [0.2, 0.25) is 5.02 Å². The number of amides is 1. The highest BCUT2D eigenvalue weighted by atomic mass is 35.5. The highest BCUT2D eigenvalue weighted by Gasteiger charge is 2.38. The molecule has 0 saturated carbocycles. The smallest absolute Gasteiger partial charge is 0.337 e. The Hall–Kier alpha value is -2.84. The van der Waals surface area contributed by atoms with Crippen LogP contribution in [-0.2, 0) is 19.4 Å². The molecule has 0 aromatic heterocycles. The lowest BCUT2D eigenvalue weighted by Gasteiger charge is -2.30. The molecule has 156 valence electrons. The lowest BCUT2D eigenvalue weighted by Crippen LogP contribution is -2.35. The number of fused-ring (bicyclic) bond motifs is 1. The maximum absolute atomic E-state index is 13.3. The molecule has 1 fully saturated rings. The molecule has 2 aromatic rings. The number of carbonyl (C=O) groups is 2. The zero-order valence-electron chi connectivity index (χ0n) is 16.2. The largest absolute Gasteiger partial charge is 0.465 e. The molecule has 2 heterocycles. The van der Waals surface area contributed by atoms with Gasteiger partial charge < -0.3 is 14.5 Å². The van der Waals surface area contributed by atoms with E-state index in [1.807, 2.05) is 0 Å². The molecule has 0 radical (unpaired) electrons. The van der Waals surface area contributed by atoms with E-state index in [0.717, 1.165) is 12.8 Å². The van der Waals surface area contributed by atoms with Crippen LogP contribution in [0.5, 0.6) is 0 Å². The predicted octanol–water partition coefficient (Wildman–Crippen LogP) is 3.52. The number of methoxy groups -OCH3 is 1. The molecule has 4 rings (SSSR count). The summed E-state index contributed by atoms with van der Waals surface area (Å²) in [5, 5.41) is 0.348. The number of esters is 1. The molecule has 0 unspecified atom stereocenters. The summed E-state index contributed by atoms with van der Waals surface area (Å²) < 4.78 is 31.3. The standard InChI is InChI=1S/C21H19ClN2O5S/c1-29-21(26)14-5-4-6-16(11-14)24-13-19(20(25)23-9-2-3-10-23)30(27,28)18-8-7-15(22)12-17(18)24/h4-8,11-13H,2-3,9-10H2,1H3. The summed E-state index contributed by atoms with van der Waals surface area (Å²) >= 11 is 6.14. The number of anilines is 2. The van der Waals surface area contributed by atoms with Crippen LogP contribution in [0.25, 0.3) is 0 Å². The maximum atomic E-state index is 13.3. The average Bonchev–Trinajstić information content (AvgIpc) is 3.27. The first-order chi connectivity index (χ1) is 14.3. The minimum absolute atomic E-state index is 0.0135. The fourth-order valence-electron chi connectivity index (χ4n) is 3.64. The fourth-order valence-corrected chi connectivity index (χ4v) is 5.33. The van der Waals surface area contributed by atoms with E-state index in [4.69, 9.17) is 16.3 Å². The molecular weight excluding hydrogens is 428 g/mol. The van der Waals surface area contributed by atoms with E-state index < -0.39 is 21.7 Å². The third-order valence-electron chi connectivity index (χ3n) is 5.16. The number of hydrogen-bond acceptors (Lipinski definition) is 6. The van der Waals surface area contributed by atoms with Crippen LogP contribution in [-0.4, -0.2) is 45.4 Å². The van der Waals surface area contributed by atoms with E-state index in [0.29, 0.717) is 35.1 Å². The zero-order valence-corrected chi connectivity index (χ0v) is 17.7. The number of halogens is 1. The van der Waals surface area contributed by atoms with Crippen LogP contribution in [0.4, 0.5) is 11.4 Å². The number of likely N-dealkylation sites (tertiary alicyclic amines) is 1. The lowest BCUT2D eigenvalue weighted by molar-refractivity contribution is -0.125. The summed E-state index contributed by atoms with van der Waals surface area (Å²) in [7, 11) is -2.75. The third kappa shape index (κ3) is 3.46. The van der Waals surface area contributed by atoms with Crippen molar-refractivity contribution in [2.45, 2.75) is 17.7 Å². The summed E-state index contributed by atoms with van der Waals surface area (Å²) in [6.45, 7) is 1.05. The Bertz CT molecular complexity index is 1170. The average molecular weight is 447 g/mol. The minimum atomic E-state index is -4.03. The first-order valence-corrected chi connectivity index (χ1v) is 11.2. The SMILES string of the molecule is COC(=O)c1cccc(N2C=C(C(=O)N3CCCC3)S(=O)(=O)c3ccc(Cl)cc32)c1. The Morgan fingerprint density at radius 1 is 1.07 bits per heavy atom. The van der Waals surface area contributed by atoms with Gasteiger partial charge in [-0.3, -0.25) is 4.79 Å². The second-order valence-corrected chi connectivity index (χ2v) is 9.34. The van der Waals surface area contributed by atoms with E-state index in [1.165, 1.54) is 31.5 Å². The van der Waals surface area contributed by atoms with E-state index in [1.54, 1.807) is 34.1 Å². The van der Waals surface area contributed by atoms with E-state index >= 15 is 0 Å². The number of nitrogens with zero attached hydrogens (tertiary/aromatic N) is 2. The van der Waals surface area contributed by atoms with Gasteiger partial charge in [0.15, 0.2) is 4.91 Å². The van der Waals surface area contributed by atoms with Gasteiger partial charge in [0.25, 0.3) is 5.91 Å². The zero-order chi connectivity index (χ0) is 21.5. The number of carbonyl (C=O) groups excluding carboxylic acids is 2. The summed E-state index contributed by atoms with van der Waals surface area (Å²) in [6, 6.07) is 10.9. The second-order valence-electron chi connectivity index (χ2n) is 7.02. The molecule has 0 aliphatic carbocycles. The van der Waals surface area contributed by atoms with Gasteiger partial charge in [0.05, 0.1) is 23.3 Å². The van der Waals surface area contributed by atoms with Crippen LogP contribution >= 0.6 is 11.6 Å². The number of benzene rings is 2. The Morgan fingerprint density at radius 2 is 1.80 bits per heavy atom. The van der Waals surface area contributed by atoms with Crippen molar-refractivity contribution in [1.29, 1.82) is 0 Å². The van der Waals surface area contributed by atoms with Gasteiger partial charge in [0, 0.05) is 30.0 Å². The van der Waals surface area contributed by atoms with Crippen LogP contribution < -0.4 is 4.90 Å². The molecule has 1 saturated heterocycles. The van der Waals surface area contributed by atoms with Crippen molar-refractivity contribution >= 4 is 44.7 Å². The topological polar surface area (TPSA) is 84.0 Å². The number of hydrogen-bond donors (Lipinski definition) is 0. The van der Waals surface area contributed by atoms with Crippen LogP contribution in [0.15, 0.2) is 58.5 Å². The van der Waals surface area contributed by atoms with Crippen molar-refractivity contribution in [2.75, 3.05) is 25.1 Å². The molecule has 7 nitrogen and oxygen atoms in total. The molecule has 9 heteroatoms. The highest BCUT2D eigenvalue weighted by Crippen LogP contribution is 2.41. The predicted molar refractivity (Wildman–Crippen MR) is 112 cm³/mol. The molecule has 2 aliphatic heterocycles. The van der Waals surface area contributed by atoms with Gasteiger partial charge in [-0.05, 0) is 49.2 Å². The minimum Gasteiger partial charge on any atom is -0.465 e. The molecule has 30 heavy (non-hydrogen) atoms. The first kappa shape index (κ1) is 20.4. The highest BCUT2D eigenvalue weighted by molar-refractivity contribution is 7.96. The molecule has 1 amide bonds. The number of ether oxygens (including phenoxy) is 1. The van der Waals surface area contributed by atoms with Gasteiger partial charge in [-0.1, -0.05) is 17.7 Å². The van der Waals surface area contributed by atoms with Crippen molar-refractivity contribution < 1.29 is 22.7 Å². The van der Waals surface area contributed by atoms with E-state index in [-0.39, 0.29) is 9.80 Å². The van der Waals surface area contributed by atoms with Gasteiger partial charge in [0.2, 0.25) is 9.84 Å². The van der Waals surface area contributed by atoms with E-state index in [9.17, 15) is 18.0 Å². The van der Waals surface area contributed by atoms with Crippen LogP contribution in [0.3, 0.4) is 0 Å². The van der Waals surface area contributed by atoms with Crippen molar-refractivity contribution in [3.63, 3.8) is 0 Å². The quantitative estimate of drug-likeness (QED) is 0.671. The molecule has 0 atom stereocenters. The molecule has 0 spiro atoms. The van der Waals surface area contributed by atoms with Gasteiger partial charge in [-0.2, -0.15) is 0 Å². The summed E-state index contributed by atoms with van der Waals surface area (Å²) in [6.07, 6.45) is 3.00. The van der Waals surface area contributed by atoms with Crippen LogP contribution in [0, 0.1) is 0 Å². The summed E-state index contributed by atoms with van der Waals surface area (Å²) in [4.78, 5) is 27.8. The molecule has 2 aliphatic rings. The molecule has 0 N–H and O–H groups in total.